The Morgan fingerprint density at radius 1 is 1.19 bits per heavy atom. The van der Waals surface area contributed by atoms with Crippen molar-refractivity contribution in [1.29, 1.82) is 0 Å². The standard InChI is InChI=1S/C18H23N3O4S/c1-12-8-13(2)10-15(9-12)20(3)18(23)16-4-5-17(22)21(19-16)14-6-7-26(24,25)11-14/h8-10,14H,4-7,11H2,1-3H3. The zero-order valence-electron chi connectivity index (χ0n) is 15.2. The molecule has 0 bridgehead atoms. The van der Waals surface area contributed by atoms with Crippen LogP contribution >= 0.6 is 0 Å². The molecule has 1 unspecified atom stereocenters. The number of benzene rings is 1. The van der Waals surface area contributed by atoms with Crippen molar-refractivity contribution in [1.82, 2.24) is 5.01 Å². The molecule has 2 heterocycles. The van der Waals surface area contributed by atoms with Crippen LogP contribution in [0.4, 0.5) is 5.69 Å². The van der Waals surface area contributed by atoms with Gasteiger partial charge >= 0.3 is 0 Å². The van der Waals surface area contributed by atoms with Gasteiger partial charge in [0.2, 0.25) is 5.91 Å². The van der Waals surface area contributed by atoms with Gasteiger partial charge in [-0.2, -0.15) is 5.10 Å². The fourth-order valence-corrected chi connectivity index (χ4v) is 5.13. The van der Waals surface area contributed by atoms with E-state index in [-0.39, 0.29) is 41.9 Å². The lowest BCUT2D eigenvalue weighted by atomic mass is 10.1. The van der Waals surface area contributed by atoms with Crippen molar-refractivity contribution in [2.75, 3.05) is 23.5 Å². The summed E-state index contributed by atoms with van der Waals surface area (Å²) in [4.78, 5) is 26.6. The lowest BCUT2D eigenvalue weighted by molar-refractivity contribution is -0.133. The summed E-state index contributed by atoms with van der Waals surface area (Å²) < 4.78 is 23.4. The number of rotatable bonds is 3. The van der Waals surface area contributed by atoms with Crippen molar-refractivity contribution in [2.24, 2.45) is 5.10 Å². The quantitative estimate of drug-likeness (QED) is 0.797. The second-order valence-corrected chi connectivity index (χ2v) is 9.28. The number of hydrazone groups is 1. The Bertz CT molecular complexity index is 871. The van der Waals surface area contributed by atoms with Gasteiger partial charge in [-0.1, -0.05) is 6.07 Å². The van der Waals surface area contributed by atoms with E-state index in [1.54, 1.807) is 7.05 Å². The highest BCUT2D eigenvalue weighted by Gasteiger charge is 2.37. The third kappa shape index (κ3) is 3.80. The van der Waals surface area contributed by atoms with Gasteiger partial charge in [0.05, 0.1) is 17.5 Å². The van der Waals surface area contributed by atoms with Gasteiger partial charge in [0.1, 0.15) is 5.71 Å². The van der Waals surface area contributed by atoms with Crippen molar-refractivity contribution in [3.05, 3.63) is 29.3 Å². The molecule has 3 rings (SSSR count). The predicted octanol–water partition coefficient (Wildman–Crippen LogP) is 1.43. The zero-order chi connectivity index (χ0) is 19.1. The topological polar surface area (TPSA) is 87.1 Å². The Labute approximate surface area is 153 Å². The Hall–Kier alpha value is -2.22. The maximum absolute atomic E-state index is 12.9. The minimum atomic E-state index is -3.13. The first-order valence-corrected chi connectivity index (χ1v) is 10.4. The molecule has 2 aliphatic rings. The Morgan fingerprint density at radius 3 is 2.42 bits per heavy atom. The summed E-state index contributed by atoms with van der Waals surface area (Å²) in [5.74, 6) is -0.523. The molecule has 2 aliphatic heterocycles. The molecule has 0 spiro atoms. The summed E-state index contributed by atoms with van der Waals surface area (Å²) >= 11 is 0. The largest absolute Gasteiger partial charge is 0.310 e. The van der Waals surface area contributed by atoms with Gasteiger partial charge in [-0.3, -0.25) is 9.59 Å². The highest BCUT2D eigenvalue weighted by atomic mass is 32.2. The molecule has 1 fully saturated rings. The number of carbonyl (C=O) groups is 2. The van der Waals surface area contributed by atoms with Crippen LogP contribution in [0.3, 0.4) is 0 Å². The first kappa shape index (κ1) is 18.6. The molecule has 0 radical (unpaired) electrons. The SMILES string of the molecule is Cc1cc(C)cc(N(C)C(=O)C2=NN(C3CCS(=O)(=O)C3)C(=O)CC2)c1. The fraction of sp³-hybridized carbons (Fsp3) is 0.500. The van der Waals surface area contributed by atoms with E-state index >= 15 is 0 Å². The minimum Gasteiger partial charge on any atom is -0.310 e. The molecule has 8 heteroatoms. The average Bonchev–Trinajstić information content (AvgIpc) is 2.93. The molecule has 7 nitrogen and oxygen atoms in total. The van der Waals surface area contributed by atoms with Crippen LogP contribution in [-0.4, -0.2) is 55.5 Å². The Kier molecular flexibility index (Phi) is 4.88. The second kappa shape index (κ2) is 6.83. The molecule has 1 aromatic rings. The number of carbonyl (C=O) groups excluding carboxylic acids is 2. The number of sulfone groups is 1. The second-order valence-electron chi connectivity index (χ2n) is 7.05. The van der Waals surface area contributed by atoms with Crippen LogP contribution in [0.2, 0.25) is 0 Å². The molecule has 1 aromatic carbocycles. The molecule has 1 saturated heterocycles. The summed E-state index contributed by atoms with van der Waals surface area (Å²) in [6.07, 6.45) is 0.802. The maximum atomic E-state index is 12.9. The lowest BCUT2D eigenvalue weighted by Crippen LogP contribution is -2.44. The Morgan fingerprint density at radius 2 is 1.85 bits per heavy atom. The van der Waals surface area contributed by atoms with E-state index in [2.05, 4.69) is 5.10 Å². The van der Waals surface area contributed by atoms with Crippen LogP contribution in [0.25, 0.3) is 0 Å². The summed E-state index contributed by atoms with van der Waals surface area (Å²) in [5.41, 5.74) is 3.16. The van der Waals surface area contributed by atoms with Crippen LogP contribution in [0.1, 0.15) is 30.4 Å². The monoisotopic (exact) mass is 377 g/mol. The van der Waals surface area contributed by atoms with E-state index in [1.165, 1.54) is 9.91 Å². The van der Waals surface area contributed by atoms with Crippen LogP contribution < -0.4 is 4.90 Å². The van der Waals surface area contributed by atoms with Gasteiger partial charge in [-0.25, -0.2) is 13.4 Å². The van der Waals surface area contributed by atoms with Crippen LogP contribution in [-0.2, 0) is 19.4 Å². The van der Waals surface area contributed by atoms with Crippen molar-refractivity contribution < 1.29 is 18.0 Å². The summed E-state index contributed by atoms with van der Waals surface area (Å²) in [6, 6.07) is 5.39. The number of nitrogens with zero attached hydrogens (tertiary/aromatic N) is 3. The number of aryl methyl sites for hydroxylation is 2. The summed E-state index contributed by atoms with van der Waals surface area (Å²) in [6.45, 7) is 3.93. The van der Waals surface area contributed by atoms with E-state index in [9.17, 15) is 18.0 Å². The lowest BCUT2D eigenvalue weighted by Gasteiger charge is -2.29. The van der Waals surface area contributed by atoms with Gasteiger partial charge in [-0.05, 0) is 43.5 Å². The molecule has 0 aromatic heterocycles. The Balaban J connectivity index is 1.84. The molecule has 140 valence electrons. The van der Waals surface area contributed by atoms with Gasteiger partial charge in [-0.15, -0.1) is 0 Å². The summed E-state index contributed by atoms with van der Waals surface area (Å²) in [5, 5.41) is 5.47. The van der Waals surface area contributed by atoms with Crippen LogP contribution in [0.5, 0.6) is 0 Å². The van der Waals surface area contributed by atoms with Crippen molar-refractivity contribution >= 4 is 33.1 Å². The maximum Gasteiger partial charge on any atom is 0.274 e. The first-order chi connectivity index (χ1) is 12.2. The molecule has 2 amide bonds. The van der Waals surface area contributed by atoms with E-state index < -0.39 is 15.9 Å². The van der Waals surface area contributed by atoms with E-state index in [4.69, 9.17) is 0 Å². The van der Waals surface area contributed by atoms with Crippen molar-refractivity contribution in [3.63, 3.8) is 0 Å². The zero-order valence-corrected chi connectivity index (χ0v) is 16.0. The highest BCUT2D eigenvalue weighted by molar-refractivity contribution is 7.91. The molecular weight excluding hydrogens is 354 g/mol. The third-order valence-corrected chi connectivity index (χ3v) is 6.51. The van der Waals surface area contributed by atoms with Crippen LogP contribution in [0.15, 0.2) is 23.3 Å². The average molecular weight is 377 g/mol. The molecule has 0 aliphatic carbocycles. The molecule has 26 heavy (non-hydrogen) atoms. The smallest absolute Gasteiger partial charge is 0.274 e. The van der Waals surface area contributed by atoms with Gasteiger partial charge < -0.3 is 4.90 Å². The molecule has 1 atom stereocenters. The molecule has 0 saturated carbocycles. The third-order valence-electron chi connectivity index (χ3n) is 4.76. The summed E-state index contributed by atoms with van der Waals surface area (Å²) in [7, 11) is -1.45. The first-order valence-electron chi connectivity index (χ1n) is 8.62. The van der Waals surface area contributed by atoms with Crippen LogP contribution in [0, 0.1) is 13.8 Å². The van der Waals surface area contributed by atoms with Gasteiger partial charge in [0.15, 0.2) is 9.84 Å². The van der Waals surface area contributed by atoms with Gasteiger partial charge in [0.25, 0.3) is 5.91 Å². The number of hydrogen-bond acceptors (Lipinski definition) is 5. The van der Waals surface area contributed by atoms with E-state index in [0.717, 1.165) is 16.8 Å². The predicted molar refractivity (Wildman–Crippen MR) is 99.9 cm³/mol. The fourth-order valence-electron chi connectivity index (χ4n) is 3.43. The highest BCUT2D eigenvalue weighted by Crippen LogP contribution is 2.24. The normalized spacial score (nSPS) is 22.3. The molecule has 0 N–H and O–H groups in total. The van der Waals surface area contributed by atoms with Gasteiger partial charge in [0, 0.05) is 25.6 Å². The number of anilines is 1. The van der Waals surface area contributed by atoms with E-state index in [0.29, 0.717) is 6.42 Å². The number of hydrogen-bond donors (Lipinski definition) is 0. The van der Waals surface area contributed by atoms with Crippen molar-refractivity contribution in [2.45, 2.75) is 39.2 Å². The number of amides is 2. The van der Waals surface area contributed by atoms with Crippen molar-refractivity contribution in [3.8, 4) is 0 Å². The van der Waals surface area contributed by atoms with E-state index in [1.807, 2.05) is 32.0 Å². The minimum absolute atomic E-state index is 0.0583. The molecular formula is C18H23N3O4S.